The number of fused-ring (bicyclic) bond motifs is 1. The van der Waals surface area contributed by atoms with Crippen LogP contribution >= 0.6 is 11.3 Å². The third kappa shape index (κ3) is 2.79. The van der Waals surface area contributed by atoms with Crippen LogP contribution in [0.2, 0.25) is 0 Å². The van der Waals surface area contributed by atoms with Gasteiger partial charge in [-0.25, -0.2) is 9.97 Å². The molecule has 2 aromatic heterocycles. The first-order valence-electron chi connectivity index (χ1n) is 7.82. The number of hydrogen-bond donors (Lipinski definition) is 0. The smallest absolute Gasteiger partial charge is 0.219 e. The number of nitrogens with zero attached hydrogens (tertiary/aromatic N) is 4. The lowest BCUT2D eigenvalue weighted by molar-refractivity contribution is -0.129. The quantitative estimate of drug-likeness (QED) is 0.873. The second-order valence-corrected chi connectivity index (χ2v) is 6.95. The van der Waals surface area contributed by atoms with Gasteiger partial charge in [-0.05, 0) is 25.3 Å². The molecule has 22 heavy (non-hydrogen) atoms. The van der Waals surface area contributed by atoms with Gasteiger partial charge in [0.25, 0.3) is 0 Å². The van der Waals surface area contributed by atoms with E-state index in [1.165, 1.54) is 10.3 Å². The Labute approximate surface area is 135 Å². The lowest BCUT2D eigenvalue weighted by atomic mass is 10.0. The van der Waals surface area contributed by atoms with Gasteiger partial charge in [0.15, 0.2) is 0 Å². The van der Waals surface area contributed by atoms with Crippen LogP contribution < -0.4 is 4.90 Å². The van der Waals surface area contributed by atoms with Crippen LogP contribution in [0, 0.1) is 0 Å². The predicted octanol–water partition coefficient (Wildman–Crippen LogP) is 2.70. The molecule has 118 valence electrons. The summed E-state index contributed by atoms with van der Waals surface area (Å²) in [6, 6.07) is 2.57. The van der Waals surface area contributed by atoms with E-state index in [4.69, 9.17) is 0 Å². The van der Waals surface area contributed by atoms with Crippen molar-refractivity contribution in [3.8, 4) is 0 Å². The third-order valence-electron chi connectivity index (χ3n) is 4.52. The van der Waals surface area contributed by atoms with Crippen molar-refractivity contribution in [2.75, 3.05) is 25.0 Å². The minimum atomic E-state index is 0.147. The van der Waals surface area contributed by atoms with E-state index in [0.29, 0.717) is 6.04 Å². The van der Waals surface area contributed by atoms with Gasteiger partial charge in [-0.3, -0.25) is 4.79 Å². The highest BCUT2D eigenvalue weighted by molar-refractivity contribution is 7.18. The van der Waals surface area contributed by atoms with Crippen molar-refractivity contribution in [2.45, 2.75) is 39.2 Å². The van der Waals surface area contributed by atoms with E-state index in [1.807, 2.05) is 11.9 Å². The Kier molecular flexibility index (Phi) is 4.29. The van der Waals surface area contributed by atoms with Crippen LogP contribution in [0.1, 0.15) is 31.6 Å². The molecule has 3 rings (SSSR count). The second kappa shape index (κ2) is 6.20. The Hall–Kier alpha value is -1.69. The van der Waals surface area contributed by atoms with E-state index >= 15 is 0 Å². The predicted molar refractivity (Wildman–Crippen MR) is 90.5 cm³/mol. The molecule has 0 aromatic carbocycles. The van der Waals surface area contributed by atoms with Crippen LogP contribution in [0.25, 0.3) is 10.2 Å². The van der Waals surface area contributed by atoms with Crippen molar-refractivity contribution in [3.63, 3.8) is 0 Å². The van der Waals surface area contributed by atoms with Crippen LogP contribution in [0.3, 0.4) is 0 Å². The van der Waals surface area contributed by atoms with E-state index in [0.717, 1.165) is 43.0 Å². The molecule has 1 aliphatic heterocycles. The minimum Gasteiger partial charge on any atom is -0.356 e. The number of rotatable bonds is 3. The first-order chi connectivity index (χ1) is 10.6. The Morgan fingerprint density at radius 2 is 2.14 bits per heavy atom. The lowest BCUT2D eigenvalue weighted by Crippen LogP contribution is -2.45. The van der Waals surface area contributed by atoms with Crippen LogP contribution in [0.5, 0.6) is 0 Å². The van der Waals surface area contributed by atoms with Gasteiger partial charge in [0.2, 0.25) is 5.91 Å². The van der Waals surface area contributed by atoms with Gasteiger partial charge in [0.1, 0.15) is 17.0 Å². The van der Waals surface area contributed by atoms with E-state index in [-0.39, 0.29) is 5.91 Å². The molecule has 0 aliphatic carbocycles. The van der Waals surface area contributed by atoms with E-state index in [1.54, 1.807) is 24.6 Å². The van der Waals surface area contributed by atoms with Gasteiger partial charge in [-0.1, -0.05) is 6.92 Å². The number of hydrogen-bond acceptors (Lipinski definition) is 5. The fraction of sp³-hybridized carbons (Fsp3) is 0.562. The number of piperidine rings is 1. The van der Waals surface area contributed by atoms with Gasteiger partial charge in [0.05, 0.1) is 5.39 Å². The molecule has 0 bridgehead atoms. The third-order valence-corrected chi connectivity index (χ3v) is 5.70. The zero-order valence-electron chi connectivity index (χ0n) is 13.4. The van der Waals surface area contributed by atoms with Gasteiger partial charge in [0, 0.05) is 38.0 Å². The van der Waals surface area contributed by atoms with Crippen LogP contribution in [0.4, 0.5) is 5.82 Å². The molecular formula is C16H22N4OS. The Morgan fingerprint density at radius 1 is 1.41 bits per heavy atom. The van der Waals surface area contributed by atoms with Crippen molar-refractivity contribution in [2.24, 2.45) is 0 Å². The molecule has 1 fully saturated rings. The zero-order chi connectivity index (χ0) is 15.7. The summed E-state index contributed by atoms with van der Waals surface area (Å²) >= 11 is 1.75. The molecule has 6 heteroatoms. The topological polar surface area (TPSA) is 49.3 Å². The van der Waals surface area contributed by atoms with Crippen molar-refractivity contribution in [1.29, 1.82) is 0 Å². The SMILES string of the molecule is CCc1cc2c(N3CCC(N(C)C(C)=O)CC3)ncnc2s1. The number of anilines is 1. The summed E-state index contributed by atoms with van der Waals surface area (Å²) in [5.41, 5.74) is 0. The highest BCUT2D eigenvalue weighted by atomic mass is 32.1. The summed E-state index contributed by atoms with van der Waals surface area (Å²) in [5.74, 6) is 1.19. The standard InChI is InChI=1S/C16H22N4OS/c1-4-13-9-14-15(17-10-18-16(14)22-13)20-7-5-12(6-8-20)19(3)11(2)21/h9-10,12H,4-8H2,1-3H3. The number of thiophene rings is 1. The van der Waals surface area contributed by atoms with Gasteiger partial charge in [-0.2, -0.15) is 0 Å². The molecule has 0 saturated carbocycles. The summed E-state index contributed by atoms with van der Waals surface area (Å²) in [4.78, 5) is 27.0. The molecular weight excluding hydrogens is 296 g/mol. The Bertz CT molecular complexity index is 676. The van der Waals surface area contributed by atoms with Crippen LogP contribution in [0.15, 0.2) is 12.4 Å². The number of amides is 1. The summed E-state index contributed by atoms with van der Waals surface area (Å²) < 4.78 is 0. The summed E-state index contributed by atoms with van der Waals surface area (Å²) in [6.07, 6.45) is 4.69. The van der Waals surface area contributed by atoms with Gasteiger partial charge >= 0.3 is 0 Å². The monoisotopic (exact) mass is 318 g/mol. The van der Waals surface area contributed by atoms with Gasteiger partial charge < -0.3 is 9.80 Å². The minimum absolute atomic E-state index is 0.147. The number of carbonyl (C=O) groups is 1. The maximum absolute atomic E-state index is 11.5. The summed E-state index contributed by atoms with van der Waals surface area (Å²) in [6.45, 7) is 5.68. The van der Waals surface area contributed by atoms with E-state index in [2.05, 4.69) is 27.9 Å². The lowest BCUT2D eigenvalue weighted by Gasteiger charge is -2.37. The molecule has 0 radical (unpaired) electrons. The van der Waals surface area contributed by atoms with Gasteiger partial charge in [-0.15, -0.1) is 11.3 Å². The van der Waals surface area contributed by atoms with Crippen molar-refractivity contribution >= 4 is 33.3 Å². The normalized spacial score (nSPS) is 16.2. The molecule has 0 N–H and O–H groups in total. The number of carbonyl (C=O) groups excluding carboxylic acids is 1. The first kappa shape index (κ1) is 15.2. The molecule has 0 spiro atoms. The van der Waals surface area contributed by atoms with E-state index in [9.17, 15) is 4.79 Å². The van der Waals surface area contributed by atoms with Crippen molar-refractivity contribution < 1.29 is 4.79 Å². The Morgan fingerprint density at radius 3 is 2.77 bits per heavy atom. The average molecular weight is 318 g/mol. The first-order valence-corrected chi connectivity index (χ1v) is 8.63. The molecule has 0 atom stereocenters. The molecule has 1 aliphatic rings. The summed E-state index contributed by atoms with van der Waals surface area (Å²) in [7, 11) is 1.90. The number of aromatic nitrogens is 2. The van der Waals surface area contributed by atoms with Crippen molar-refractivity contribution in [3.05, 3.63) is 17.3 Å². The molecule has 0 unspecified atom stereocenters. The zero-order valence-corrected chi connectivity index (χ0v) is 14.2. The summed E-state index contributed by atoms with van der Waals surface area (Å²) in [5, 5.41) is 1.17. The molecule has 2 aromatic rings. The van der Waals surface area contributed by atoms with Crippen molar-refractivity contribution in [1.82, 2.24) is 14.9 Å². The highest BCUT2D eigenvalue weighted by Crippen LogP contribution is 2.32. The molecule has 5 nitrogen and oxygen atoms in total. The largest absolute Gasteiger partial charge is 0.356 e. The second-order valence-electron chi connectivity index (χ2n) is 5.83. The molecule has 3 heterocycles. The molecule has 1 amide bonds. The maximum atomic E-state index is 11.5. The fourth-order valence-corrected chi connectivity index (χ4v) is 3.97. The number of aryl methyl sites for hydroxylation is 1. The van der Waals surface area contributed by atoms with Crippen LogP contribution in [-0.4, -0.2) is 47.0 Å². The van der Waals surface area contributed by atoms with Crippen LogP contribution in [-0.2, 0) is 11.2 Å². The van der Waals surface area contributed by atoms with E-state index < -0.39 is 0 Å². The Balaban J connectivity index is 1.79. The maximum Gasteiger partial charge on any atom is 0.219 e. The molecule has 1 saturated heterocycles. The fourth-order valence-electron chi connectivity index (χ4n) is 3.04. The highest BCUT2D eigenvalue weighted by Gasteiger charge is 2.25. The average Bonchev–Trinajstić information content (AvgIpc) is 2.97.